The van der Waals surface area contributed by atoms with Gasteiger partial charge in [-0.25, -0.2) is 4.39 Å². The van der Waals surface area contributed by atoms with Gasteiger partial charge in [0.25, 0.3) is 0 Å². The molecule has 2 amide bonds. The number of piperidine rings is 4. The average molecular weight is 525 g/mol. The van der Waals surface area contributed by atoms with E-state index >= 15 is 4.39 Å². The zero-order chi connectivity index (χ0) is 26.4. The summed E-state index contributed by atoms with van der Waals surface area (Å²) in [5.41, 5.74) is 2.56. The molecule has 0 aliphatic carbocycles. The van der Waals surface area contributed by atoms with Gasteiger partial charge in [-0.2, -0.15) is 5.10 Å². The molecule has 2 N–H and O–H groups in total. The molecule has 8 nitrogen and oxygen atoms in total. The Kier molecular flexibility index (Phi) is 6.93. The highest BCUT2D eigenvalue weighted by molar-refractivity contribution is 6.02. The minimum atomic E-state index is -0.529. The third-order valence-corrected chi connectivity index (χ3v) is 10.2. The van der Waals surface area contributed by atoms with Crippen LogP contribution >= 0.6 is 0 Å². The van der Waals surface area contributed by atoms with Crippen molar-refractivity contribution in [3.05, 3.63) is 23.6 Å². The number of hydrogen-bond acceptors (Lipinski definition) is 6. The second kappa shape index (κ2) is 10.2. The number of carbonyl (C=O) groups excluding carboxylic acids is 2. The summed E-state index contributed by atoms with van der Waals surface area (Å²) in [5.74, 6) is -0.770. The largest absolute Gasteiger partial charge is 0.369 e. The van der Waals surface area contributed by atoms with E-state index in [0.717, 1.165) is 31.4 Å². The summed E-state index contributed by atoms with van der Waals surface area (Å²) >= 11 is 0. The summed E-state index contributed by atoms with van der Waals surface area (Å²) in [6.07, 6.45) is 8.13. The second-order valence-corrected chi connectivity index (χ2v) is 12.2. The van der Waals surface area contributed by atoms with Crippen LogP contribution in [0.5, 0.6) is 0 Å². The molecule has 4 aliphatic heterocycles. The van der Waals surface area contributed by atoms with E-state index in [1.807, 2.05) is 13.1 Å². The van der Waals surface area contributed by atoms with Crippen molar-refractivity contribution < 1.29 is 14.0 Å². The zero-order valence-corrected chi connectivity index (χ0v) is 22.8. The maximum atomic E-state index is 15.5. The van der Waals surface area contributed by atoms with Gasteiger partial charge in [0.2, 0.25) is 11.8 Å². The Labute approximate surface area is 224 Å². The highest BCUT2D eigenvalue weighted by atomic mass is 19.1. The van der Waals surface area contributed by atoms with E-state index in [-0.39, 0.29) is 24.1 Å². The average Bonchev–Trinajstić information content (AvgIpc) is 3.23. The number of rotatable bonds is 4. The number of carbonyl (C=O) groups is 2. The van der Waals surface area contributed by atoms with Gasteiger partial charge in [-0.15, -0.1) is 0 Å². The van der Waals surface area contributed by atoms with Crippen molar-refractivity contribution in [1.82, 2.24) is 25.3 Å². The maximum Gasteiger partial charge on any atom is 0.235 e. The molecule has 0 saturated carbocycles. The lowest BCUT2D eigenvalue weighted by Gasteiger charge is -2.48. The van der Waals surface area contributed by atoms with Gasteiger partial charge in [0.05, 0.1) is 22.8 Å². The Balaban J connectivity index is 1.11. The molecule has 206 valence electrons. The molecule has 4 aliphatic rings. The van der Waals surface area contributed by atoms with E-state index in [1.165, 1.54) is 57.9 Å². The first-order valence-corrected chi connectivity index (χ1v) is 14.5. The summed E-state index contributed by atoms with van der Waals surface area (Å²) in [7, 11) is 1.83. The van der Waals surface area contributed by atoms with Crippen LogP contribution in [0, 0.1) is 17.2 Å². The van der Waals surface area contributed by atoms with Gasteiger partial charge in [0.1, 0.15) is 5.82 Å². The van der Waals surface area contributed by atoms with Crippen LogP contribution in [0.25, 0.3) is 10.9 Å². The van der Waals surface area contributed by atoms with E-state index in [4.69, 9.17) is 0 Å². The van der Waals surface area contributed by atoms with Gasteiger partial charge in [0, 0.05) is 38.0 Å². The van der Waals surface area contributed by atoms with Crippen molar-refractivity contribution in [2.45, 2.75) is 70.3 Å². The van der Waals surface area contributed by atoms with E-state index in [1.54, 1.807) is 4.68 Å². The number of hydrogen-bond donors (Lipinski definition) is 2. The molecule has 1 unspecified atom stereocenters. The Morgan fingerprint density at radius 2 is 1.74 bits per heavy atom. The quantitative estimate of drug-likeness (QED) is 0.598. The Bertz CT molecular complexity index is 1200. The molecule has 1 aromatic carbocycles. The molecule has 38 heavy (non-hydrogen) atoms. The van der Waals surface area contributed by atoms with Gasteiger partial charge in [-0.05, 0) is 102 Å². The number of aromatic nitrogens is 2. The molecule has 0 bridgehead atoms. The first-order valence-electron chi connectivity index (χ1n) is 14.5. The lowest BCUT2D eigenvalue weighted by Crippen LogP contribution is -2.51. The van der Waals surface area contributed by atoms with Crippen LogP contribution in [0.1, 0.15) is 69.9 Å². The van der Waals surface area contributed by atoms with Crippen LogP contribution in [-0.2, 0) is 16.6 Å². The third kappa shape index (κ3) is 4.72. The van der Waals surface area contributed by atoms with Crippen molar-refractivity contribution >= 4 is 28.4 Å². The number of benzene rings is 1. The number of nitrogens with zero attached hydrogens (tertiary/aromatic N) is 4. The predicted octanol–water partition coefficient (Wildman–Crippen LogP) is 3.30. The number of likely N-dealkylation sites (tertiary alicyclic amines) is 1. The van der Waals surface area contributed by atoms with Crippen LogP contribution < -0.4 is 15.5 Å². The molecule has 4 fully saturated rings. The molecule has 2 atom stereocenters. The minimum absolute atomic E-state index is 0.261. The van der Waals surface area contributed by atoms with Crippen molar-refractivity contribution in [3.8, 4) is 0 Å². The summed E-state index contributed by atoms with van der Waals surface area (Å²) in [6.45, 7) is 8.86. The first-order chi connectivity index (χ1) is 18.3. The lowest BCUT2D eigenvalue weighted by atomic mass is 9.71. The van der Waals surface area contributed by atoms with Crippen LogP contribution in [0.2, 0.25) is 0 Å². The maximum absolute atomic E-state index is 15.5. The molecule has 1 aromatic heterocycles. The molecule has 1 spiro atoms. The highest BCUT2D eigenvalue weighted by Gasteiger charge is 2.38. The summed E-state index contributed by atoms with van der Waals surface area (Å²) in [5, 5.41) is 11.2. The minimum Gasteiger partial charge on any atom is -0.369 e. The van der Waals surface area contributed by atoms with Crippen LogP contribution in [0.4, 0.5) is 10.1 Å². The first kappa shape index (κ1) is 25.7. The molecule has 5 heterocycles. The lowest BCUT2D eigenvalue weighted by molar-refractivity contribution is -0.134. The van der Waals surface area contributed by atoms with Crippen LogP contribution in [0.3, 0.4) is 0 Å². The van der Waals surface area contributed by atoms with Gasteiger partial charge in [-0.3, -0.25) is 19.6 Å². The molecule has 2 aromatic rings. The molecule has 0 radical (unpaired) electrons. The summed E-state index contributed by atoms with van der Waals surface area (Å²) < 4.78 is 17.2. The van der Waals surface area contributed by atoms with Crippen LogP contribution in [-0.4, -0.2) is 71.8 Å². The second-order valence-electron chi connectivity index (χ2n) is 12.2. The topological polar surface area (TPSA) is 82.5 Å². The molecule has 6 rings (SSSR count). The SMILES string of the molecule is C[C@H](C1CCN(c2cc3c(cc2F)c(C2CCC(=O)NC2=O)nn3C)CC1)N1CCC2(CCNCC2)CC1. The molecular formula is C29H41FN6O2. The number of amides is 2. The van der Waals surface area contributed by atoms with E-state index in [0.29, 0.717) is 40.6 Å². The van der Waals surface area contributed by atoms with Gasteiger partial charge in [0.15, 0.2) is 0 Å². The Hall–Kier alpha value is -2.52. The number of imide groups is 1. The fourth-order valence-electron chi connectivity index (χ4n) is 7.53. The van der Waals surface area contributed by atoms with Gasteiger partial charge < -0.3 is 15.1 Å². The summed E-state index contributed by atoms with van der Waals surface area (Å²) in [4.78, 5) is 28.9. The number of fused-ring (bicyclic) bond motifs is 1. The van der Waals surface area contributed by atoms with E-state index < -0.39 is 5.92 Å². The highest BCUT2D eigenvalue weighted by Crippen LogP contribution is 2.41. The van der Waals surface area contributed by atoms with Crippen molar-refractivity contribution in [2.75, 3.05) is 44.2 Å². The van der Waals surface area contributed by atoms with Gasteiger partial charge >= 0.3 is 0 Å². The monoisotopic (exact) mass is 524 g/mol. The fraction of sp³-hybridized carbons (Fsp3) is 0.690. The number of anilines is 1. The van der Waals surface area contributed by atoms with Crippen molar-refractivity contribution in [2.24, 2.45) is 18.4 Å². The molecule has 4 saturated heterocycles. The third-order valence-electron chi connectivity index (χ3n) is 10.2. The summed E-state index contributed by atoms with van der Waals surface area (Å²) in [6, 6.07) is 3.99. The normalized spacial score (nSPS) is 26.2. The van der Waals surface area contributed by atoms with E-state index in [2.05, 4.69) is 32.5 Å². The molecule has 9 heteroatoms. The van der Waals surface area contributed by atoms with Gasteiger partial charge in [-0.1, -0.05) is 0 Å². The number of nitrogens with one attached hydrogen (secondary N) is 2. The smallest absolute Gasteiger partial charge is 0.235 e. The zero-order valence-electron chi connectivity index (χ0n) is 22.8. The Morgan fingerprint density at radius 3 is 2.42 bits per heavy atom. The van der Waals surface area contributed by atoms with E-state index in [9.17, 15) is 9.59 Å². The fourth-order valence-corrected chi connectivity index (χ4v) is 7.53. The van der Waals surface area contributed by atoms with Crippen LogP contribution in [0.15, 0.2) is 12.1 Å². The molecular weight excluding hydrogens is 483 g/mol. The predicted molar refractivity (Wildman–Crippen MR) is 146 cm³/mol. The van der Waals surface area contributed by atoms with Crippen molar-refractivity contribution in [1.29, 1.82) is 0 Å². The standard InChI is InChI=1S/C29H41FN6O2/c1-19(35-15-9-29(10-16-35)7-11-31-12-8-29)20-5-13-36(14-6-20)25-18-24-22(17-23(25)30)27(33-34(24)2)21-3-4-26(37)32-28(21)38/h17-21,31H,3-16H2,1-2H3,(H,32,37,38)/t19-,21?/m1/s1. The number of aryl methyl sites for hydroxylation is 1. The Morgan fingerprint density at radius 1 is 1.03 bits per heavy atom. The number of halogens is 1. The van der Waals surface area contributed by atoms with Crippen molar-refractivity contribution in [3.63, 3.8) is 0 Å².